The van der Waals surface area contributed by atoms with Crippen molar-refractivity contribution in [1.29, 1.82) is 0 Å². The number of hydrogen-bond acceptors (Lipinski definition) is 4. The summed E-state index contributed by atoms with van der Waals surface area (Å²) in [4.78, 5) is 2.26. The molecule has 0 saturated heterocycles. The van der Waals surface area contributed by atoms with Gasteiger partial charge >= 0.3 is 0 Å². The van der Waals surface area contributed by atoms with Gasteiger partial charge < -0.3 is 9.64 Å². The van der Waals surface area contributed by atoms with Crippen molar-refractivity contribution in [2.24, 2.45) is 0 Å². The highest BCUT2D eigenvalue weighted by molar-refractivity contribution is 5.88. The van der Waals surface area contributed by atoms with Crippen molar-refractivity contribution < 1.29 is 4.74 Å². The van der Waals surface area contributed by atoms with Gasteiger partial charge in [0.2, 0.25) is 0 Å². The normalized spacial score (nSPS) is 13.0. The molecule has 0 bridgehead atoms. The highest BCUT2D eigenvalue weighted by Gasteiger charge is 2.29. The number of aromatic nitrogens is 2. The lowest BCUT2D eigenvalue weighted by Crippen LogP contribution is -2.20. The van der Waals surface area contributed by atoms with E-state index in [0.29, 0.717) is 0 Å². The summed E-state index contributed by atoms with van der Waals surface area (Å²) in [5.41, 5.74) is 8.22. The van der Waals surface area contributed by atoms with E-state index in [0.717, 1.165) is 22.9 Å². The fourth-order valence-electron chi connectivity index (χ4n) is 3.67. The Morgan fingerprint density at radius 3 is 2.15 bits per heavy atom. The third kappa shape index (κ3) is 2.95. The second-order valence-corrected chi connectivity index (χ2v) is 8.36. The van der Waals surface area contributed by atoms with Crippen LogP contribution in [0.4, 0.5) is 17.1 Å². The molecule has 0 saturated carbocycles. The zero-order valence-corrected chi connectivity index (χ0v) is 16.8. The number of hydrogen-bond donors (Lipinski definition) is 0. The van der Waals surface area contributed by atoms with Crippen molar-refractivity contribution in [3.63, 3.8) is 0 Å². The minimum atomic E-state index is 0.108. The largest absolute Gasteiger partial charge is 0.451 e. The Kier molecular flexibility index (Phi) is 3.95. The van der Waals surface area contributed by atoms with Crippen LogP contribution in [0.5, 0.6) is 11.5 Å². The first-order valence-electron chi connectivity index (χ1n) is 9.27. The average Bonchev–Trinajstić information content (AvgIpc) is 2.60. The summed E-state index contributed by atoms with van der Waals surface area (Å²) in [5, 5.41) is 8.12. The lowest BCUT2D eigenvalue weighted by atomic mass is 9.84. The number of fused-ring (bicyclic) bond motifs is 2. The molecule has 0 radical (unpaired) electrons. The Morgan fingerprint density at radius 2 is 1.48 bits per heavy atom. The molecule has 0 unspecified atom stereocenters. The lowest BCUT2D eigenvalue weighted by Gasteiger charge is -2.35. The molecule has 27 heavy (non-hydrogen) atoms. The first kappa shape index (κ1) is 17.5. The van der Waals surface area contributed by atoms with E-state index in [2.05, 4.69) is 80.9 Å². The molecule has 0 amide bonds. The Bertz CT molecular complexity index is 1010. The number of rotatable bonds is 1. The van der Waals surface area contributed by atoms with Crippen molar-refractivity contribution in [1.82, 2.24) is 10.2 Å². The van der Waals surface area contributed by atoms with Crippen molar-refractivity contribution in [2.45, 2.75) is 47.0 Å². The van der Waals surface area contributed by atoms with E-state index in [9.17, 15) is 0 Å². The number of aryl methyl sites for hydroxylation is 3. The van der Waals surface area contributed by atoms with Gasteiger partial charge in [-0.25, -0.2) is 0 Å². The molecule has 4 rings (SSSR count). The average molecular weight is 359 g/mol. The van der Waals surface area contributed by atoms with Crippen molar-refractivity contribution >= 4 is 17.1 Å². The molecule has 1 aromatic heterocycles. The van der Waals surface area contributed by atoms with Crippen LogP contribution in [-0.2, 0) is 5.41 Å². The zero-order chi connectivity index (χ0) is 19.3. The molecule has 1 aliphatic heterocycles. The van der Waals surface area contributed by atoms with Crippen LogP contribution in [-0.4, -0.2) is 10.2 Å². The maximum atomic E-state index is 6.10. The van der Waals surface area contributed by atoms with E-state index >= 15 is 0 Å². The Hall–Kier alpha value is -2.88. The van der Waals surface area contributed by atoms with Gasteiger partial charge in [0.25, 0.3) is 0 Å². The standard InChI is InChI=1S/C23H25N3O/c1-14-7-8-20-18(9-14)26(19-12-24-25-13-21(19)27-20)22-15(2)10-17(11-16(22)3)23(4,5)6/h7-13H,1-6H3. The van der Waals surface area contributed by atoms with Crippen LogP contribution < -0.4 is 9.64 Å². The maximum Gasteiger partial charge on any atom is 0.173 e. The molecule has 2 heterocycles. The Labute approximate surface area is 160 Å². The monoisotopic (exact) mass is 359 g/mol. The molecule has 1 aliphatic rings. The number of anilines is 3. The highest BCUT2D eigenvalue weighted by atomic mass is 16.5. The molecular weight excluding hydrogens is 334 g/mol. The minimum Gasteiger partial charge on any atom is -0.451 e. The molecule has 0 N–H and O–H groups in total. The van der Waals surface area contributed by atoms with Crippen LogP contribution in [0.1, 0.15) is 43.0 Å². The number of ether oxygens (including phenoxy) is 1. The molecule has 0 spiro atoms. The summed E-state index contributed by atoms with van der Waals surface area (Å²) in [6, 6.07) is 10.8. The van der Waals surface area contributed by atoms with Crippen LogP contribution >= 0.6 is 0 Å². The third-order valence-electron chi connectivity index (χ3n) is 5.07. The maximum absolute atomic E-state index is 6.10. The first-order chi connectivity index (χ1) is 12.8. The molecule has 4 nitrogen and oxygen atoms in total. The quantitative estimate of drug-likeness (QED) is 0.401. The predicted molar refractivity (Wildman–Crippen MR) is 110 cm³/mol. The SMILES string of the molecule is Cc1ccc2c(c1)N(c1c(C)cc(C(C)(C)C)cc1C)c1cnncc1O2. The Balaban J connectivity index is 1.99. The van der Waals surface area contributed by atoms with E-state index in [1.165, 1.54) is 27.9 Å². The zero-order valence-electron chi connectivity index (χ0n) is 16.8. The fraction of sp³-hybridized carbons (Fsp3) is 0.304. The second-order valence-electron chi connectivity index (χ2n) is 8.36. The van der Waals surface area contributed by atoms with Crippen LogP contribution in [0.2, 0.25) is 0 Å². The van der Waals surface area contributed by atoms with Crippen molar-refractivity contribution in [2.75, 3.05) is 4.90 Å². The van der Waals surface area contributed by atoms with Gasteiger partial charge in [-0.05, 0) is 60.6 Å². The van der Waals surface area contributed by atoms with E-state index in [1.54, 1.807) is 12.4 Å². The van der Waals surface area contributed by atoms with Crippen LogP contribution in [0, 0.1) is 20.8 Å². The summed E-state index contributed by atoms with van der Waals surface area (Å²) >= 11 is 0. The minimum absolute atomic E-state index is 0.108. The Morgan fingerprint density at radius 1 is 0.815 bits per heavy atom. The van der Waals surface area contributed by atoms with Gasteiger partial charge in [-0.2, -0.15) is 10.2 Å². The van der Waals surface area contributed by atoms with Gasteiger partial charge in [0.05, 0.1) is 23.8 Å². The lowest BCUT2D eigenvalue weighted by molar-refractivity contribution is 0.472. The molecule has 0 fully saturated rings. The predicted octanol–water partition coefficient (Wildman–Crippen LogP) is 6.27. The van der Waals surface area contributed by atoms with Crippen LogP contribution in [0.15, 0.2) is 42.7 Å². The van der Waals surface area contributed by atoms with Crippen molar-refractivity contribution in [3.05, 3.63) is 65.0 Å². The summed E-state index contributed by atoms with van der Waals surface area (Å²) in [5.74, 6) is 1.56. The summed E-state index contributed by atoms with van der Waals surface area (Å²) in [7, 11) is 0. The topological polar surface area (TPSA) is 38.2 Å². The van der Waals surface area contributed by atoms with Crippen LogP contribution in [0.25, 0.3) is 0 Å². The summed E-state index contributed by atoms with van der Waals surface area (Å²) in [6.45, 7) is 13.2. The van der Waals surface area contributed by atoms with Crippen LogP contribution in [0.3, 0.4) is 0 Å². The molecule has 3 aromatic rings. The molecule has 2 aromatic carbocycles. The molecule has 4 heteroatoms. The van der Waals surface area contributed by atoms with E-state index in [1.807, 2.05) is 6.07 Å². The van der Waals surface area contributed by atoms with Gasteiger partial charge in [0, 0.05) is 0 Å². The van der Waals surface area contributed by atoms with Gasteiger partial charge in [-0.1, -0.05) is 39.0 Å². The van der Waals surface area contributed by atoms with E-state index < -0.39 is 0 Å². The van der Waals surface area contributed by atoms with Gasteiger partial charge in [-0.3, -0.25) is 0 Å². The smallest absolute Gasteiger partial charge is 0.173 e. The first-order valence-corrected chi connectivity index (χ1v) is 9.27. The van der Waals surface area contributed by atoms with E-state index in [-0.39, 0.29) is 5.41 Å². The third-order valence-corrected chi connectivity index (χ3v) is 5.07. The van der Waals surface area contributed by atoms with Gasteiger partial charge in [0.1, 0.15) is 5.69 Å². The highest BCUT2D eigenvalue weighted by Crippen LogP contribution is 2.51. The molecular formula is C23H25N3O. The molecule has 0 aliphatic carbocycles. The number of nitrogens with zero attached hydrogens (tertiary/aromatic N) is 3. The summed E-state index contributed by atoms with van der Waals surface area (Å²) in [6.07, 6.45) is 3.45. The molecule has 138 valence electrons. The number of benzene rings is 2. The van der Waals surface area contributed by atoms with Crippen molar-refractivity contribution in [3.8, 4) is 11.5 Å². The van der Waals surface area contributed by atoms with Gasteiger partial charge in [-0.15, -0.1) is 0 Å². The van der Waals surface area contributed by atoms with E-state index in [4.69, 9.17) is 4.74 Å². The summed E-state index contributed by atoms with van der Waals surface area (Å²) < 4.78 is 6.10. The second kappa shape index (κ2) is 6.08. The fourth-order valence-corrected chi connectivity index (χ4v) is 3.67. The molecule has 0 atom stereocenters. The van der Waals surface area contributed by atoms with Gasteiger partial charge in [0.15, 0.2) is 11.5 Å².